The summed E-state index contributed by atoms with van der Waals surface area (Å²) in [5.41, 5.74) is 1.62. The fraction of sp³-hybridized carbons (Fsp3) is 0.429. The minimum atomic E-state index is -3.47. The van der Waals surface area contributed by atoms with E-state index in [-0.39, 0.29) is 0 Å². The summed E-state index contributed by atoms with van der Waals surface area (Å²) in [5, 5.41) is 0. The minimum Gasteiger partial charge on any atom is -0.301 e. The van der Waals surface area contributed by atoms with Crippen molar-refractivity contribution in [2.75, 3.05) is 19.6 Å². The largest absolute Gasteiger partial charge is 0.301 e. The van der Waals surface area contributed by atoms with Gasteiger partial charge in [-0.1, -0.05) is 48.5 Å². The van der Waals surface area contributed by atoms with Crippen LogP contribution in [-0.2, 0) is 22.1 Å². The first-order chi connectivity index (χ1) is 12.6. The Bertz CT molecular complexity index is 924. The summed E-state index contributed by atoms with van der Waals surface area (Å²) in [6.07, 6.45) is 3.53. The van der Waals surface area contributed by atoms with E-state index in [1.807, 2.05) is 48.5 Å². The number of benzene rings is 2. The third-order valence-corrected chi connectivity index (χ3v) is 8.11. The van der Waals surface area contributed by atoms with Gasteiger partial charge in [0.1, 0.15) is 0 Å². The summed E-state index contributed by atoms with van der Waals surface area (Å²) in [6, 6.07) is 17.6. The number of rotatable bonds is 4. The summed E-state index contributed by atoms with van der Waals surface area (Å²) < 4.78 is 28.6. The average Bonchev–Trinajstić information content (AvgIpc) is 3.34. The third kappa shape index (κ3) is 2.53. The molecule has 0 aromatic heterocycles. The van der Waals surface area contributed by atoms with Crippen LogP contribution < -0.4 is 0 Å². The lowest BCUT2D eigenvalue weighted by molar-refractivity contribution is 0.184. The Labute approximate surface area is 155 Å². The van der Waals surface area contributed by atoms with Crippen LogP contribution in [0.5, 0.6) is 0 Å². The Morgan fingerprint density at radius 1 is 1.00 bits per heavy atom. The van der Waals surface area contributed by atoms with Crippen LogP contribution in [0.1, 0.15) is 30.4 Å². The summed E-state index contributed by atoms with van der Waals surface area (Å²) in [6.45, 7) is 3.34. The molecule has 1 atom stereocenters. The molecule has 2 aromatic carbocycles. The highest BCUT2D eigenvalue weighted by Crippen LogP contribution is 2.50. The van der Waals surface area contributed by atoms with Crippen molar-refractivity contribution in [1.82, 2.24) is 9.21 Å². The van der Waals surface area contributed by atoms with Crippen molar-refractivity contribution >= 4 is 10.0 Å². The van der Waals surface area contributed by atoms with E-state index in [0.29, 0.717) is 11.4 Å². The van der Waals surface area contributed by atoms with E-state index in [9.17, 15) is 8.42 Å². The highest BCUT2D eigenvalue weighted by atomic mass is 32.2. The van der Waals surface area contributed by atoms with Crippen molar-refractivity contribution < 1.29 is 8.42 Å². The summed E-state index contributed by atoms with van der Waals surface area (Å²) >= 11 is 0. The van der Waals surface area contributed by atoms with E-state index in [4.69, 9.17) is 0 Å². The molecule has 2 aliphatic heterocycles. The van der Waals surface area contributed by atoms with Crippen LogP contribution in [0.4, 0.5) is 0 Å². The number of likely N-dealkylation sites (tertiary alicyclic amines) is 1. The second-order valence-corrected chi connectivity index (χ2v) is 9.78. The van der Waals surface area contributed by atoms with E-state index < -0.39 is 15.6 Å². The molecule has 4 nitrogen and oxygen atoms in total. The Hall–Kier alpha value is -1.69. The molecule has 2 aromatic rings. The molecule has 0 radical (unpaired) electrons. The van der Waals surface area contributed by atoms with Gasteiger partial charge in [-0.05, 0) is 42.4 Å². The van der Waals surface area contributed by atoms with E-state index >= 15 is 0 Å². The maximum absolute atomic E-state index is 13.4. The average molecular weight is 369 g/mol. The SMILES string of the molecule is O=S1(=O)c2ccccc2C2(CCN(CC3CC3)C2)N1Cc1ccccc1. The Morgan fingerprint density at radius 2 is 1.73 bits per heavy atom. The van der Waals surface area contributed by atoms with E-state index in [1.54, 1.807) is 10.4 Å². The maximum Gasteiger partial charge on any atom is 0.244 e. The molecule has 136 valence electrons. The molecule has 1 saturated carbocycles. The lowest BCUT2D eigenvalue weighted by Crippen LogP contribution is -2.45. The Balaban J connectivity index is 1.57. The van der Waals surface area contributed by atoms with Crippen molar-refractivity contribution in [1.29, 1.82) is 0 Å². The molecule has 26 heavy (non-hydrogen) atoms. The normalized spacial score (nSPS) is 27.8. The van der Waals surface area contributed by atoms with E-state index in [0.717, 1.165) is 43.1 Å². The smallest absolute Gasteiger partial charge is 0.244 e. The molecule has 1 spiro atoms. The van der Waals surface area contributed by atoms with Crippen LogP contribution in [0, 0.1) is 5.92 Å². The Morgan fingerprint density at radius 3 is 2.50 bits per heavy atom. The van der Waals surface area contributed by atoms with Crippen LogP contribution in [0.15, 0.2) is 59.5 Å². The summed E-state index contributed by atoms with van der Waals surface area (Å²) in [7, 11) is -3.47. The van der Waals surface area contributed by atoms with Gasteiger partial charge in [0.15, 0.2) is 0 Å². The molecule has 2 fully saturated rings. The van der Waals surface area contributed by atoms with Gasteiger partial charge in [-0.15, -0.1) is 0 Å². The van der Waals surface area contributed by atoms with E-state index in [1.165, 1.54) is 12.8 Å². The molecule has 2 heterocycles. The quantitative estimate of drug-likeness (QED) is 0.832. The lowest BCUT2D eigenvalue weighted by atomic mass is 9.88. The van der Waals surface area contributed by atoms with Crippen molar-refractivity contribution in [3.8, 4) is 0 Å². The molecule has 1 aliphatic carbocycles. The van der Waals surface area contributed by atoms with Gasteiger partial charge in [0, 0.05) is 26.2 Å². The van der Waals surface area contributed by atoms with Gasteiger partial charge in [0.25, 0.3) is 0 Å². The molecule has 1 unspecified atom stereocenters. The Kier molecular flexibility index (Phi) is 3.75. The summed E-state index contributed by atoms with van der Waals surface area (Å²) in [5.74, 6) is 0.820. The molecule has 0 bridgehead atoms. The van der Waals surface area contributed by atoms with Crippen LogP contribution in [0.2, 0.25) is 0 Å². The van der Waals surface area contributed by atoms with Crippen LogP contribution in [-0.4, -0.2) is 37.3 Å². The fourth-order valence-electron chi connectivity index (χ4n) is 4.66. The number of fused-ring (bicyclic) bond motifs is 2. The number of nitrogens with zero attached hydrogens (tertiary/aromatic N) is 2. The molecule has 5 heteroatoms. The second-order valence-electron chi connectivity index (χ2n) is 7.95. The highest BCUT2D eigenvalue weighted by Gasteiger charge is 2.56. The number of hydrogen-bond donors (Lipinski definition) is 0. The van der Waals surface area contributed by atoms with Gasteiger partial charge in [0.05, 0.1) is 10.4 Å². The zero-order chi connectivity index (χ0) is 17.8. The third-order valence-electron chi connectivity index (χ3n) is 6.14. The van der Waals surface area contributed by atoms with Crippen LogP contribution >= 0.6 is 0 Å². The summed E-state index contributed by atoms with van der Waals surface area (Å²) in [4.78, 5) is 2.98. The van der Waals surface area contributed by atoms with Gasteiger partial charge in [0.2, 0.25) is 10.0 Å². The topological polar surface area (TPSA) is 40.6 Å². The maximum atomic E-state index is 13.4. The minimum absolute atomic E-state index is 0.417. The predicted molar refractivity (Wildman–Crippen MR) is 101 cm³/mol. The van der Waals surface area contributed by atoms with Crippen LogP contribution in [0.25, 0.3) is 0 Å². The van der Waals surface area contributed by atoms with Gasteiger partial charge < -0.3 is 4.90 Å². The number of hydrogen-bond acceptors (Lipinski definition) is 3. The molecule has 1 saturated heterocycles. The molecule has 0 N–H and O–H groups in total. The standard InChI is InChI=1S/C21H24N2O2S/c24-26(25)20-9-5-4-8-19(20)21(12-13-22(16-21)14-18-10-11-18)23(26)15-17-6-2-1-3-7-17/h1-9,18H,10-16H2. The zero-order valence-corrected chi connectivity index (χ0v) is 15.7. The first-order valence-electron chi connectivity index (χ1n) is 9.48. The van der Waals surface area contributed by atoms with Crippen molar-refractivity contribution in [2.45, 2.75) is 36.2 Å². The highest BCUT2D eigenvalue weighted by molar-refractivity contribution is 7.89. The first-order valence-corrected chi connectivity index (χ1v) is 10.9. The van der Waals surface area contributed by atoms with Crippen molar-refractivity contribution in [2.24, 2.45) is 5.92 Å². The first kappa shape index (κ1) is 16.5. The molecule has 3 aliphatic rings. The molecular weight excluding hydrogens is 344 g/mol. The zero-order valence-electron chi connectivity index (χ0n) is 14.8. The predicted octanol–water partition coefficient (Wildman–Crippen LogP) is 3.20. The number of sulfonamides is 1. The molecular formula is C21H24N2O2S. The molecule has 5 rings (SSSR count). The second kappa shape index (κ2) is 5.91. The van der Waals surface area contributed by atoms with Crippen molar-refractivity contribution in [3.63, 3.8) is 0 Å². The van der Waals surface area contributed by atoms with Gasteiger partial charge >= 0.3 is 0 Å². The fourth-order valence-corrected chi connectivity index (χ4v) is 6.71. The van der Waals surface area contributed by atoms with Crippen LogP contribution in [0.3, 0.4) is 0 Å². The van der Waals surface area contributed by atoms with Gasteiger partial charge in [-0.2, -0.15) is 4.31 Å². The monoisotopic (exact) mass is 368 g/mol. The van der Waals surface area contributed by atoms with Gasteiger partial charge in [-0.25, -0.2) is 8.42 Å². The molecule has 0 amide bonds. The van der Waals surface area contributed by atoms with Crippen molar-refractivity contribution in [3.05, 3.63) is 65.7 Å². The van der Waals surface area contributed by atoms with E-state index in [2.05, 4.69) is 4.90 Å². The lowest BCUT2D eigenvalue weighted by Gasteiger charge is -2.34. The van der Waals surface area contributed by atoms with Gasteiger partial charge in [-0.3, -0.25) is 0 Å².